The molecule has 0 saturated heterocycles. The fourth-order valence-electron chi connectivity index (χ4n) is 1.24. The molecule has 0 aliphatic rings. The standard InChI is InChI=1S/C12H15FN2O/c1-9(16)15-8-3-2-5-10-6-4-7-11(14)12(10)13/h2,4-7H,3,8,14H2,1H3,(H,15,16). The highest BCUT2D eigenvalue weighted by Crippen LogP contribution is 2.15. The molecule has 1 rings (SSSR count). The second-order valence-electron chi connectivity index (χ2n) is 3.42. The first kappa shape index (κ1) is 12.2. The molecule has 1 aromatic carbocycles. The van der Waals surface area contributed by atoms with E-state index in [0.29, 0.717) is 18.5 Å². The Morgan fingerprint density at radius 3 is 3.00 bits per heavy atom. The van der Waals surface area contributed by atoms with Crippen LogP contribution in [0.2, 0.25) is 0 Å². The lowest BCUT2D eigenvalue weighted by molar-refractivity contribution is -0.118. The second kappa shape index (κ2) is 5.90. The fraction of sp³-hybridized carbons (Fsp3) is 0.250. The molecule has 0 bridgehead atoms. The van der Waals surface area contributed by atoms with E-state index in [1.165, 1.54) is 13.0 Å². The molecule has 0 aromatic heterocycles. The third-order valence-electron chi connectivity index (χ3n) is 2.04. The molecule has 4 heteroatoms. The molecule has 0 spiro atoms. The molecule has 0 radical (unpaired) electrons. The number of carbonyl (C=O) groups is 1. The van der Waals surface area contributed by atoms with E-state index >= 15 is 0 Å². The van der Waals surface area contributed by atoms with Crippen LogP contribution < -0.4 is 11.1 Å². The summed E-state index contributed by atoms with van der Waals surface area (Å²) in [5.41, 5.74) is 6.03. The van der Waals surface area contributed by atoms with Crippen LogP contribution in [0.5, 0.6) is 0 Å². The predicted octanol–water partition coefficient (Wildman–Crippen LogP) is 1.95. The van der Waals surface area contributed by atoms with Crippen molar-refractivity contribution in [3.63, 3.8) is 0 Å². The van der Waals surface area contributed by atoms with Gasteiger partial charge < -0.3 is 11.1 Å². The molecule has 3 N–H and O–H groups in total. The smallest absolute Gasteiger partial charge is 0.216 e. The number of nitrogens with two attached hydrogens (primary N) is 1. The van der Waals surface area contributed by atoms with Gasteiger partial charge in [0.1, 0.15) is 0 Å². The van der Waals surface area contributed by atoms with Crippen molar-refractivity contribution < 1.29 is 9.18 Å². The molecule has 1 aromatic rings. The Kier molecular flexibility index (Phi) is 4.51. The van der Waals surface area contributed by atoms with Crippen molar-refractivity contribution in [3.05, 3.63) is 35.7 Å². The van der Waals surface area contributed by atoms with E-state index in [1.807, 2.05) is 0 Å². The second-order valence-corrected chi connectivity index (χ2v) is 3.42. The molecule has 0 aliphatic heterocycles. The molecule has 0 atom stereocenters. The maximum atomic E-state index is 13.4. The van der Waals surface area contributed by atoms with Gasteiger partial charge in [-0.3, -0.25) is 4.79 Å². The van der Waals surface area contributed by atoms with E-state index in [4.69, 9.17) is 5.73 Å². The van der Waals surface area contributed by atoms with E-state index in [9.17, 15) is 9.18 Å². The van der Waals surface area contributed by atoms with Crippen LogP contribution in [0, 0.1) is 5.82 Å². The van der Waals surface area contributed by atoms with Gasteiger partial charge in [-0.05, 0) is 12.5 Å². The number of halogens is 1. The SMILES string of the molecule is CC(=O)NCCC=Cc1cccc(N)c1F. The minimum absolute atomic E-state index is 0.0662. The molecule has 0 aliphatic carbocycles. The number of carbonyl (C=O) groups excluding carboxylic acids is 1. The molecule has 0 heterocycles. The molecule has 86 valence electrons. The lowest BCUT2D eigenvalue weighted by Gasteiger charge is -2.00. The Balaban J connectivity index is 2.50. The predicted molar refractivity (Wildman–Crippen MR) is 63.1 cm³/mol. The molecular weight excluding hydrogens is 207 g/mol. The van der Waals surface area contributed by atoms with Gasteiger partial charge in [0.05, 0.1) is 5.69 Å². The third kappa shape index (κ3) is 3.73. The van der Waals surface area contributed by atoms with Gasteiger partial charge in [-0.25, -0.2) is 4.39 Å². The largest absolute Gasteiger partial charge is 0.396 e. The van der Waals surface area contributed by atoms with E-state index in [1.54, 1.807) is 24.3 Å². The summed E-state index contributed by atoms with van der Waals surface area (Å²) >= 11 is 0. The zero-order valence-electron chi connectivity index (χ0n) is 9.16. The van der Waals surface area contributed by atoms with Crippen molar-refractivity contribution in [2.24, 2.45) is 0 Å². The first-order valence-corrected chi connectivity index (χ1v) is 5.06. The monoisotopic (exact) mass is 222 g/mol. The maximum absolute atomic E-state index is 13.4. The number of amides is 1. The van der Waals surface area contributed by atoms with Crippen LogP contribution in [0.4, 0.5) is 10.1 Å². The lowest BCUT2D eigenvalue weighted by Crippen LogP contribution is -2.20. The number of hydrogen-bond acceptors (Lipinski definition) is 2. The van der Waals surface area contributed by atoms with Crippen molar-refractivity contribution in [3.8, 4) is 0 Å². The summed E-state index contributed by atoms with van der Waals surface area (Å²) < 4.78 is 13.4. The number of nitrogen functional groups attached to an aromatic ring is 1. The third-order valence-corrected chi connectivity index (χ3v) is 2.04. The summed E-state index contributed by atoms with van der Waals surface area (Å²) in [6.45, 7) is 2.01. The van der Waals surface area contributed by atoms with E-state index in [2.05, 4.69) is 5.32 Å². The van der Waals surface area contributed by atoms with Crippen LogP contribution in [0.25, 0.3) is 6.08 Å². The van der Waals surface area contributed by atoms with Crippen molar-refractivity contribution in [1.82, 2.24) is 5.32 Å². The number of hydrogen-bond donors (Lipinski definition) is 2. The summed E-state index contributed by atoms with van der Waals surface area (Å²) in [6, 6.07) is 4.87. The first-order chi connectivity index (χ1) is 7.61. The topological polar surface area (TPSA) is 55.1 Å². The van der Waals surface area contributed by atoms with E-state index < -0.39 is 5.82 Å². The van der Waals surface area contributed by atoms with Gasteiger partial charge >= 0.3 is 0 Å². The highest BCUT2D eigenvalue weighted by Gasteiger charge is 2.00. The Morgan fingerprint density at radius 1 is 1.56 bits per heavy atom. The number of rotatable bonds is 4. The Labute approximate surface area is 94.1 Å². The van der Waals surface area contributed by atoms with Crippen LogP contribution in [-0.2, 0) is 4.79 Å². The quantitative estimate of drug-likeness (QED) is 0.604. The lowest BCUT2D eigenvalue weighted by atomic mass is 10.1. The van der Waals surface area contributed by atoms with Crippen molar-refractivity contribution in [2.45, 2.75) is 13.3 Å². The Morgan fingerprint density at radius 2 is 2.31 bits per heavy atom. The van der Waals surface area contributed by atoms with Gasteiger partial charge in [0.15, 0.2) is 5.82 Å². The normalized spacial score (nSPS) is 10.6. The van der Waals surface area contributed by atoms with Gasteiger partial charge in [-0.1, -0.05) is 24.3 Å². The molecule has 0 saturated carbocycles. The van der Waals surface area contributed by atoms with Crippen LogP contribution in [0.15, 0.2) is 24.3 Å². The molecule has 16 heavy (non-hydrogen) atoms. The molecule has 3 nitrogen and oxygen atoms in total. The van der Waals surface area contributed by atoms with Crippen LogP contribution >= 0.6 is 0 Å². The maximum Gasteiger partial charge on any atom is 0.216 e. The number of nitrogens with one attached hydrogen (secondary N) is 1. The van der Waals surface area contributed by atoms with Gasteiger partial charge in [0.2, 0.25) is 5.91 Å². The summed E-state index contributed by atoms with van der Waals surface area (Å²) in [5.74, 6) is -0.471. The highest BCUT2D eigenvalue weighted by molar-refractivity contribution is 5.72. The van der Waals surface area contributed by atoms with Crippen LogP contribution in [-0.4, -0.2) is 12.5 Å². The van der Waals surface area contributed by atoms with Crippen LogP contribution in [0.1, 0.15) is 18.9 Å². The van der Waals surface area contributed by atoms with Crippen molar-refractivity contribution >= 4 is 17.7 Å². The minimum Gasteiger partial charge on any atom is -0.396 e. The summed E-state index contributed by atoms with van der Waals surface area (Å²) in [4.78, 5) is 10.6. The molecule has 0 fully saturated rings. The van der Waals surface area contributed by atoms with Gasteiger partial charge in [0.25, 0.3) is 0 Å². The fourth-order valence-corrected chi connectivity index (χ4v) is 1.24. The van der Waals surface area contributed by atoms with Gasteiger partial charge in [0, 0.05) is 19.0 Å². The Hall–Kier alpha value is -1.84. The van der Waals surface area contributed by atoms with E-state index in [-0.39, 0.29) is 11.6 Å². The van der Waals surface area contributed by atoms with Gasteiger partial charge in [-0.15, -0.1) is 0 Å². The summed E-state index contributed by atoms with van der Waals surface area (Å²) in [5, 5.41) is 2.65. The average Bonchev–Trinajstić information content (AvgIpc) is 2.23. The minimum atomic E-state index is -0.404. The van der Waals surface area contributed by atoms with Crippen molar-refractivity contribution in [1.29, 1.82) is 0 Å². The molecule has 0 unspecified atom stereocenters. The zero-order valence-corrected chi connectivity index (χ0v) is 9.16. The van der Waals surface area contributed by atoms with Crippen LogP contribution in [0.3, 0.4) is 0 Å². The van der Waals surface area contributed by atoms with E-state index in [0.717, 1.165) is 0 Å². The Bertz CT molecular complexity index is 402. The first-order valence-electron chi connectivity index (χ1n) is 5.06. The zero-order chi connectivity index (χ0) is 12.0. The molecular formula is C12H15FN2O. The van der Waals surface area contributed by atoms with Crippen molar-refractivity contribution in [2.75, 3.05) is 12.3 Å². The average molecular weight is 222 g/mol. The van der Waals surface area contributed by atoms with Gasteiger partial charge in [-0.2, -0.15) is 0 Å². The summed E-state index contributed by atoms with van der Waals surface area (Å²) in [7, 11) is 0. The number of anilines is 1. The highest BCUT2D eigenvalue weighted by atomic mass is 19.1. The molecule has 1 amide bonds. The number of benzene rings is 1. The summed E-state index contributed by atoms with van der Waals surface area (Å²) in [6.07, 6.45) is 4.12.